The molecule has 0 heterocycles. The van der Waals surface area contributed by atoms with Crippen LogP contribution in [0.4, 0.5) is 13.2 Å². The van der Waals surface area contributed by atoms with Crippen molar-refractivity contribution in [1.82, 2.24) is 0 Å². The molecule has 0 atom stereocenters. The van der Waals surface area contributed by atoms with Crippen LogP contribution in [0.5, 0.6) is 11.5 Å². The Balaban J connectivity index is 2.39. The standard InChI is InChI=1S/C13H11F3O4S/c1-19-11-4-2-9-3-5-12(7-10(9)6-11)20-21(17,18)13(15,16)8-14/h2-7H,8H2,1H3. The highest BCUT2D eigenvalue weighted by Crippen LogP contribution is 2.29. The minimum absolute atomic E-state index is 0.330. The first-order valence-electron chi connectivity index (χ1n) is 5.75. The van der Waals surface area contributed by atoms with Crippen LogP contribution in [0.2, 0.25) is 0 Å². The van der Waals surface area contributed by atoms with E-state index in [0.717, 1.165) is 5.39 Å². The summed E-state index contributed by atoms with van der Waals surface area (Å²) in [6.07, 6.45) is 0. The lowest BCUT2D eigenvalue weighted by Crippen LogP contribution is -2.34. The molecule has 8 heteroatoms. The molecular weight excluding hydrogens is 309 g/mol. The predicted molar refractivity (Wildman–Crippen MR) is 71.0 cm³/mol. The van der Waals surface area contributed by atoms with Crippen LogP contribution in [0.25, 0.3) is 10.8 Å². The van der Waals surface area contributed by atoms with Gasteiger partial charge in [0.15, 0.2) is 6.67 Å². The maximum atomic E-state index is 12.9. The quantitative estimate of drug-likeness (QED) is 0.794. The van der Waals surface area contributed by atoms with Crippen molar-refractivity contribution in [3.8, 4) is 11.5 Å². The topological polar surface area (TPSA) is 52.6 Å². The molecule has 0 fully saturated rings. The Morgan fingerprint density at radius 3 is 2.19 bits per heavy atom. The number of hydrogen-bond acceptors (Lipinski definition) is 4. The molecule has 0 aromatic heterocycles. The highest BCUT2D eigenvalue weighted by atomic mass is 32.2. The zero-order chi connectivity index (χ0) is 15.7. The fourth-order valence-corrected chi connectivity index (χ4v) is 2.25. The van der Waals surface area contributed by atoms with Gasteiger partial charge >= 0.3 is 15.4 Å². The van der Waals surface area contributed by atoms with E-state index in [9.17, 15) is 21.6 Å². The van der Waals surface area contributed by atoms with Gasteiger partial charge in [-0.2, -0.15) is 17.2 Å². The maximum absolute atomic E-state index is 12.9. The molecule has 0 saturated heterocycles. The molecule has 114 valence electrons. The van der Waals surface area contributed by atoms with Gasteiger partial charge in [-0.25, -0.2) is 4.39 Å². The van der Waals surface area contributed by atoms with Crippen LogP contribution in [0.1, 0.15) is 0 Å². The van der Waals surface area contributed by atoms with Crippen molar-refractivity contribution in [1.29, 1.82) is 0 Å². The highest BCUT2D eigenvalue weighted by Gasteiger charge is 2.47. The fourth-order valence-electron chi connectivity index (χ4n) is 1.64. The molecule has 0 aliphatic heterocycles. The first-order valence-corrected chi connectivity index (χ1v) is 7.15. The number of ether oxygens (including phenoxy) is 1. The first kappa shape index (κ1) is 15.4. The lowest BCUT2D eigenvalue weighted by atomic mass is 10.1. The summed E-state index contributed by atoms with van der Waals surface area (Å²) in [4.78, 5) is 0. The number of hydrogen-bond donors (Lipinski definition) is 0. The normalized spacial score (nSPS) is 12.4. The third-order valence-electron chi connectivity index (χ3n) is 2.75. The van der Waals surface area contributed by atoms with Crippen molar-refractivity contribution < 1.29 is 30.5 Å². The van der Waals surface area contributed by atoms with Crippen LogP contribution in [0.3, 0.4) is 0 Å². The number of halogens is 3. The van der Waals surface area contributed by atoms with Crippen molar-refractivity contribution in [3.05, 3.63) is 36.4 Å². The SMILES string of the molecule is COc1ccc2ccc(OS(=O)(=O)C(F)(F)CF)cc2c1. The van der Waals surface area contributed by atoms with Crippen molar-refractivity contribution in [3.63, 3.8) is 0 Å². The molecule has 0 aliphatic rings. The molecular formula is C13H11F3O4S. The molecule has 2 aromatic carbocycles. The number of benzene rings is 2. The van der Waals surface area contributed by atoms with Crippen LogP contribution in [-0.4, -0.2) is 27.5 Å². The monoisotopic (exact) mass is 320 g/mol. The van der Waals surface area contributed by atoms with E-state index in [-0.39, 0.29) is 5.75 Å². The lowest BCUT2D eigenvalue weighted by molar-refractivity contribution is 0.0538. The fraction of sp³-hybridized carbons (Fsp3) is 0.231. The molecule has 0 N–H and O–H groups in total. The summed E-state index contributed by atoms with van der Waals surface area (Å²) in [6, 6.07) is 8.94. The number of fused-ring (bicyclic) bond motifs is 1. The molecule has 0 saturated carbocycles. The Kier molecular flexibility index (Phi) is 3.99. The number of methoxy groups -OCH3 is 1. The van der Waals surface area contributed by atoms with Crippen molar-refractivity contribution in [2.24, 2.45) is 0 Å². The van der Waals surface area contributed by atoms with E-state index in [1.165, 1.54) is 25.3 Å². The van der Waals surface area contributed by atoms with Gasteiger partial charge in [-0.3, -0.25) is 0 Å². The van der Waals surface area contributed by atoms with E-state index in [0.29, 0.717) is 11.1 Å². The average molecular weight is 320 g/mol. The van der Waals surface area contributed by atoms with Gasteiger partial charge in [0.05, 0.1) is 7.11 Å². The van der Waals surface area contributed by atoms with Gasteiger partial charge in [0.1, 0.15) is 11.5 Å². The van der Waals surface area contributed by atoms with Gasteiger partial charge in [-0.15, -0.1) is 0 Å². The minimum atomic E-state index is -5.39. The van der Waals surface area contributed by atoms with Crippen LogP contribution in [0.15, 0.2) is 36.4 Å². The van der Waals surface area contributed by atoms with Crippen molar-refractivity contribution >= 4 is 20.9 Å². The Bertz CT molecular complexity index is 759. The molecule has 21 heavy (non-hydrogen) atoms. The summed E-state index contributed by atoms with van der Waals surface area (Å²) >= 11 is 0. The molecule has 0 radical (unpaired) electrons. The van der Waals surface area contributed by atoms with Crippen molar-refractivity contribution in [2.75, 3.05) is 13.8 Å². The number of alkyl halides is 3. The molecule has 2 rings (SSSR count). The van der Waals surface area contributed by atoms with Crippen LogP contribution in [-0.2, 0) is 10.1 Å². The number of rotatable bonds is 5. The third-order valence-corrected chi connectivity index (χ3v) is 4.00. The van der Waals surface area contributed by atoms with Gasteiger partial charge in [-0.05, 0) is 35.0 Å². The molecule has 4 nitrogen and oxygen atoms in total. The van der Waals surface area contributed by atoms with Crippen LogP contribution in [0, 0.1) is 0 Å². The maximum Gasteiger partial charge on any atom is 0.407 e. The minimum Gasteiger partial charge on any atom is -0.497 e. The summed E-state index contributed by atoms with van der Waals surface area (Å²) in [5, 5.41) is -3.32. The van der Waals surface area contributed by atoms with Crippen LogP contribution >= 0.6 is 0 Å². The van der Waals surface area contributed by atoms with Gasteiger partial charge in [0.25, 0.3) is 0 Å². The van der Waals surface area contributed by atoms with Gasteiger partial charge in [0, 0.05) is 0 Å². The average Bonchev–Trinajstić information content (AvgIpc) is 2.45. The zero-order valence-electron chi connectivity index (χ0n) is 10.8. The summed E-state index contributed by atoms with van der Waals surface area (Å²) in [6.45, 7) is -2.35. The Hall–Kier alpha value is -1.96. The van der Waals surface area contributed by atoms with E-state index < -0.39 is 22.0 Å². The summed E-state index contributed by atoms with van der Waals surface area (Å²) in [5.74, 6) is 0.181. The Labute approximate surface area is 119 Å². The second kappa shape index (κ2) is 5.44. The largest absolute Gasteiger partial charge is 0.497 e. The molecule has 2 aromatic rings. The van der Waals surface area contributed by atoms with Gasteiger partial charge < -0.3 is 8.92 Å². The molecule has 0 unspecified atom stereocenters. The summed E-state index contributed by atoms with van der Waals surface area (Å²) in [5.41, 5.74) is 0. The lowest BCUT2D eigenvalue weighted by Gasteiger charge is -2.14. The first-order chi connectivity index (χ1) is 9.79. The van der Waals surface area contributed by atoms with Gasteiger partial charge in [-0.1, -0.05) is 12.1 Å². The second-order valence-corrected chi connectivity index (χ2v) is 5.86. The van der Waals surface area contributed by atoms with E-state index >= 15 is 0 Å². The Morgan fingerprint density at radius 1 is 1.05 bits per heavy atom. The van der Waals surface area contributed by atoms with E-state index in [2.05, 4.69) is 4.18 Å². The molecule has 0 aliphatic carbocycles. The van der Waals surface area contributed by atoms with E-state index in [1.807, 2.05) is 0 Å². The van der Waals surface area contributed by atoms with Crippen LogP contribution < -0.4 is 8.92 Å². The van der Waals surface area contributed by atoms with Gasteiger partial charge in [0.2, 0.25) is 0 Å². The Morgan fingerprint density at radius 2 is 1.62 bits per heavy atom. The van der Waals surface area contributed by atoms with E-state index in [4.69, 9.17) is 4.74 Å². The smallest absolute Gasteiger partial charge is 0.407 e. The summed E-state index contributed by atoms with van der Waals surface area (Å²) in [7, 11) is -3.93. The summed E-state index contributed by atoms with van der Waals surface area (Å²) < 4.78 is 69.8. The molecule has 0 amide bonds. The predicted octanol–water partition coefficient (Wildman–Crippen LogP) is 3.12. The zero-order valence-corrected chi connectivity index (χ0v) is 11.7. The van der Waals surface area contributed by atoms with Crippen molar-refractivity contribution in [2.45, 2.75) is 5.25 Å². The molecule has 0 bridgehead atoms. The molecule has 0 spiro atoms. The third kappa shape index (κ3) is 3.05. The second-order valence-electron chi connectivity index (χ2n) is 4.18. The highest BCUT2D eigenvalue weighted by molar-refractivity contribution is 7.88. The van der Waals surface area contributed by atoms with E-state index in [1.54, 1.807) is 18.2 Å².